The van der Waals surface area contributed by atoms with Crippen LogP contribution in [0.4, 0.5) is 4.39 Å². The van der Waals surface area contributed by atoms with Gasteiger partial charge in [0.25, 0.3) is 0 Å². The summed E-state index contributed by atoms with van der Waals surface area (Å²) in [6.07, 6.45) is 2.05. The maximum Gasteiger partial charge on any atom is 0.230 e. The van der Waals surface area contributed by atoms with E-state index in [1.807, 2.05) is 36.5 Å². The summed E-state index contributed by atoms with van der Waals surface area (Å²) in [5.74, 6) is 0.158. The van der Waals surface area contributed by atoms with Gasteiger partial charge in [-0.05, 0) is 23.6 Å². The van der Waals surface area contributed by atoms with Gasteiger partial charge in [0.05, 0.1) is 11.3 Å². The fraction of sp³-hybridized carbons (Fsp3) is 0.211. The van der Waals surface area contributed by atoms with Crippen LogP contribution < -0.4 is 4.57 Å². The Balaban J connectivity index is 2.01. The molecule has 0 unspecified atom stereocenters. The standard InChI is InChI=1S/C19H18FN2/c1-13(2)15-7-3-4-8-16(15)22-18(20)11-14-12-21-10-6-5-9-17(21)19(14)22/h3-11,13H,12H2,1-2H3/q+1. The van der Waals surface area contributed by atoms with E-state index in [-0.39, 0.29) is 5.95 Å². The van der Waals surface area contributed by atoms with Crippen molar-refractivity contribution in [2.45, 2.75) is 26.3 Å². The highest BCUT2D eigenvalue weighted by atomic mass is 19.1. The minimum atomic E-state index is -0.187. The molecule has 22 heavy (non-hydrogen) atoms. The third kappa shape index (κ3) is 1.82. The van der Waals surface area contributed by atoms with Crippen LogP contribution >= 0.6 is 0 Å². The Morgan fingerprint density at radius 1 is 1.09 bits per heavy atom. The second-order valence-corrected chi connectivity index (χ2v) is 6.10. The quantitative estimate of drug-likeness (QED) is 0.493. The molecule has 0 saturated heterocycles. The molecule has 3 heterocycles. The fourth-order valence-corrected chi connectivity index (χ4v) is 3.35. The van der Waals surface area contributed by atoms with E-state index in [0.29, 0.717) is 5.92 Å². The van der Waals surface area contributed by atoms with Crippen LogP contribution in [-0.4, -0.2) is 4.57 Å². The number of fused-ring (bicyclic) bond motifs is 3. The largest absolute Gasteiger partial charge is 0.280 e. The average Bonchev–Trinajstić information content (AvgIpc) is 3.01. The van der Waals surface area contributed by atoms with Gasteiger partial charge in [-0.3, -0.25) is 4.57 Å². The van der Waals surface area contributed by atoms with Crippen LogP contribution in [0.1, 0.15) is 30.9 Å². The lowest BCUT2D eigenvalue weighted by Gasteiger charge is -2.15. The molecule has 1 aliphatic heterocycles. The number of halogens is 1. The normalized spacial score (nSPS) is 12.5. The molecule has 0 spiro atoms. The van der Waals surface area contributed by atoms with Gasteiger partial charge in [0.15, 0.2) is 18.7 Å². The van der Waals surface area contributed by atoms with Crippen molar-refractivity contribution in [3.8, 4) is 17.1 Å². The third-order valence-electron chi connectivity index (χ3n) is 4.36. The molecule has 0 atom stereocenters. The van der Waals surface area contributed by atoms with Crippen LogP contribution in [0, 0.1) is 5.95 Å². The first kappa shape index (κ1) is 13.3. The van der Waals surface area contributed by atoms with Gasteiger partial charge >= 0.3 is 0 Å². The smallest absolute Gasteiger partial charge is 0.230 e. The Kier molecular flexibility index (Phi) is 2.89. The van der Waals surface area contributed by atoms with Gasteiger partial charge in [-0.25, -0.2) is 0 Å². The summed E-state index contributed by atoms with van der Waals surface area (Å²) in [5.41, 5.74) is 5.19. The third-order valence-corrected chi connectivity index (χ3v) is 4.36. The summed E-state index contributed by atoms with van der Waals surface area (Å²) in [6.45, 7) is 5.02. The maximum absolute atomic E-state index is 14.7. The Labute approximate surface area is 129 Å². The van der Waals surface area contributed by atoms with Gasteiger partial charge in [0.2, 0.25) is 5.69 Å². The summed E-state index contributed by atoms with van der Waals surface area (Å²) in [5, 5.41) is 0. The first-order valence-electron chi connectivity index (χ1n) is 7.65. The molecule has 0 aliphatic carbocycles. The van der Waals surface area contributed by atoms with Crippen LogP contribution in [-0.2, 0) is 6.54 Å². The van der Waals surface area contributed by atoms with Gasteiger partial charge in [-0.2, -0.15) is 8.96 Å². The number of rotatable bonds is 2. The van der Waals surface area contributed by atoms with Crippen LogP contribution in [0.5, 0.6) is 0 Å². The molecule has 1 aromatic carbocycles. The van der Waals surface area contributed by atoms with Crippen molar-refractivity contribution in [1.29, 1.82) is 0 Å². The molecule has 3 heteroatoms. The Morgan fingerprint density at radius 3 is 2.68 bits per heavy atom. The van der Waals surface area contributed by atoms with Crippen LogP contribution in [0.15, 0.2) is 54.7 Å². The number of pyridine rings is 1. The monoisotopic (exact) mass is 293 g/mol. The zero-order valence-electron chi connectivity index (χ0n) is 12.8. The van der Waals surface area contributed by atoms with E-state index >= 15 is 0 Å². The average molecular weight is 293 g/mol. The summed E-state index contributed by atoms with van der Waals surface area (Å²) in [6, 6.07) is 15.8. The van der Waals surface area contributed by atoms with E-state index in [1.165, 1.54) is 0 Å². The summed E-state index contributed by atoms with van der Waals surface area (Å²) in [4.78, 5) is 0. The molecular formula is C19H18FN2+. The second-order valence-electron chi connectivity index (χ2n) is 6.10. The molecule has 110 valence electrons. The van der Waals surface area contributed by atoms with Gasteiger partial charge in [-0.15, -0.1) is 0 Å². The topological polar surface area (TPSA) is 8.81 Å². The van der Waals surface area contributed by atoms with Gasteiger partial charge < -0.3 is 0 Å². The molecule has 0 fully saturated rings. The predicted octanol–water partition coefficient (Wildman–Crippen LogP) is 4.06. The number of benzene rings is 1. The highest BCUT2D eigenvalue weighted by molar-refractivity contribution is 5.64. The number of nitrogens with zero attached hydrogens (tertiary/aromatic N) is 2. The van der Waals surface area contributed by atoms with Gasteiger partial charge in [0, 0.05) is 18.2 Å². The molecule has 0 saturated carbocycles. The minimum absolute atomic E-state index is 0.187. The van der Waals surface area contributed by atoms with Crippen LogP contribution in [0.3, 0.4) is 0 Å². The first-order valence-corrected chi connectivity index (χ1v) is 7.65. The molecule has 2 aromatic heterocycles. The van der Waals surface area contributed by atoms with Crippen molar-refractivity contribution >= 4 is 0 Å². The Morgan fingerprint density at radius 2 is 1.86 bits per heavy atom. The SMILES string of the molecule is CC(C)c1ccccc1-n1c(F)cc2c1-c1cccc[n+]1C2. The highest BCUT2D eigenvalue weighted by Gasteiger charge is 2.32. The van der Waals surface area contributed by atoms with Gasteiger partial charge in [-0.1, -0.05) is 32.0 Å². The minimum Gasteiger partial charge on any atom is -0.280 e. The number of aromatic nitrogens is 2. The molecule has 0 amide bonds. The number of hydrogen-bond donors (Lipinski definition) is 0. The summed E-state index contributed by atoms with van der Waals surface area (Å²) >= 11 is 0. The Bertz CT molecular complexity index is 862. The zero-order chi connectivity index (χ0) is 15.3. The maximum atomic E-state index is 14.7. The lowest BCUT2D eigenvalue weighted by molar-refractivity contribution is -0.672. The predicted molar refractivity (Wildman–Crippen MR) is 84.5 cm³/mol. The first-order chi connectivity index (χ1) is 10.7. The molecule has 1 aliphatic rings. The van der Waals surface area contributed by atoms with Crippen LogP contribution in [0.25, 0.3) is 17.1 Å². The molecule has 4 rings (SSSR count). The molecule has 0 N–H and O–H groups in total. The molecule has 0 bridgehead atoms. The lowest BCUT2D eigenvalue weighted by Crippen LogP contribution is -2.31. The molecule has 2 nitrogen and oxygen atoms in total. The molecular weight excluding hydrogens is 275 g/mol. The van der Waals surface area contributed by atoms with Crippen molar-refractivity contribution in [2.24, 2.45) is 0 Å². The van der Waals surface area contributed by atoms with E-state index in [4.69, 9.17) is 0 Å². The van der Waals surface area contributed by atoms with Crippen molar-refractivity contribution in [3.05, 3.63) is 71.8 Å². The lowest BCUT2D eigenvalue weighted by atomic mass is 10.0. The second kappa shape index (κ2) is 4.80. The Hall–Kier alpha value is -2.42. The van der Waals surface area contributed by atoms with Crippen molar-refractivity contribution in [1.82, 2.24) is 4.57 Å². The summed E-state index contributed by atoms with van der Waals surface area (Å²) < 4.78 is 18.6. The van der Waals surface area contributed by atoms with E-state index in [1.54, 1.807) is 10.6 Å². The van der Waals surface area contributed by atoms with E-state index in [0.717, 1.165) is 34.7 Å². The fourth-order valence-electron chi connectivity index (χ4n) is 3.35. The molecule has 0 radical (unpaired) electrons. The summed E-state index contributed by atoms with van der Waals surface area (Å²) in [7, 11) is 0. The van der Waals surface area contributed by atoms with Crippen LogP contribution in [0.2, 0.25) is 0 Å². The van der Waals surface area contributed by atoms with Crippen molar-refractivity contribution in [2.75, 3.05) is 0 Å². The highest BCUT2D eigenvalue weighted by Crippen LogP contribution is 2.34. The number of para-hydroxylation sites is 1. The number of hydrogen-bond acceptors (Lipinski definition) is 0. The van der Waals surface area contributed by atoms with Crippen molar-refractivity contribution in [3.63, 3.8) is 0 Å². The van der Waals surface area contributed by atoms with Gasteiger partial charge in [0.1, 0.15) is 5.69 Å². The van der Waals surface area contributed by atoms with E-state index in [9.17, 15) is 4.39 Å². The zero-order valence-corrected chi connectivity index (χ0v) is 12.8. The van der Waals surface area contributed by atoms with E-state index < -0.39 is 0 Å². The van der Waals surface area contributed by atoms with E-state index in [2.05, 4.69) is 30.5 Å². The molecule has 3 aromatic rings. The van der Waals surface area contributed by atoms with Crippen molar-refractivity contribution < 1.29 is 8.96 Å².